The van der Waals surface area contributed by atoms with Crippen molar-refractivity contribution in [1.29, 1.82) is 0 Å². The Morgan fingerprint density at radius 2 is 1.09 bits per heavy atom. The molecule has 1 heteroatoms. The van der Waals surface area contributed by atoms with Crippen molar-refractivity contribution in [3.05, 3.63) is 148 Å². The molecule has 7 aromatic rings. The lowest BCUT2D eigenvalue weighted by atomic mass is 9.33. The minimum atomic E-state index is 0.186. The molecule has 0 radical (unpaired) electrons. The Kier molecular flexibility index (Phi) is 6.50. The molecule has 0 heterocycles. The number of hydrogen-bond donors (Lipinski definition) is 0. The van der Waals surface area contributed by atoms with Crippen LogP contribution in [-0.4, -0.2) is 6.71 Å². The summed E-state index contributed by atoms with van der Waals surface area (Å²) in [5, 5.41) is 8.22. The van der Waals surface area contributed by atoms with Crippen LogP contribution in [0, 0.1) is 41.5 Å². The summed E-state index contributed by atoms with van der Waals surface area (Å²) in [6.07, 6.45) is 2.14. The summed E-state index contributed by atoms with van der Waals surface area (Å²) < 4.78 is 0. The van der Waals surface area contributed by atoms with Gasteiger partial charge in [-0.05, 0) is 115 Å². The summed E-state index contributed by atoms with van der Waals surface area (Å²) in [6, 6.07) is 39.5. The van der Waals surface area contributed by atoms with E-state index in [1.807, 2.05) is 0 Å². The zero-order valence-corrected chi connectivity index (χ0v) is 27.3. The van der Waals surface area contributed by atoms with E-state index in [4.69, 9.17) is 0 Å². The van der Waals surface area contributed by atoms with Gasteiger partial charge in [0.05, 0.1) is 0 Å². The fourth-order valence-corrected chi connectivity index (χ4v) is 8.79. The van der Waals surface area contributed by atoms with Crippen molar-refractivity contribution >= 4 is 55.4 Å². The quantitative estimate of drug-likeness (QED) is 0.144. The molecular formula is C44H39B. The van der Waals surface area contributed by atoms with Gasteiger partial charge in [-0.15, -0.1) is 0 Å². The molecule has 0 fully saturated rings. The first kappa shape index (κ1) is 27.9. The molecule has 0 N–H and O–H groups in total. The summed E-state index contributed by atoms with van der Waals surface area (Å²) in [7, 11) is 0. The fourth-order valence-electron chi connectivity index (χ4n) is 8.79. The third kappa shape index (κ3) is 4.44. The van der Waals surface area contributed by atoms with Crippen molar-refractivity contribution in [2.75, 3.05) is 0 Å². The van der Waals surface area contributed by atoms with Crippen molar-refractivity contribution < 1.29 is 0 Å². The van der Waals surface area contributed by atoms with Gasteiger partial charge in [0.2, 0.25) is 6.71 Å². The number of rotatable bonds is 4. The van der Waals surface area contributed by atoms with Crippen molar-refractivity contribution in [2.45, 2.75) is 54.4 Å². The Labute approximate surface area is 267 Å². The molecule has 1 aliphatic rings. The highest BCUT2D eigenvalue weighted by atomic mass is 14.2. The first-order valence-corrected chi connectivity index (χ1v) is 16.4. The molecule has 0 unspecified atom stereocenters. The van der Waals surface area contributed by atoms with Crippen molar-refractivity contribution in [2.24, 2.45) is 0 Å². The normalized spacial score (nSPS) is 12.5. The summed E-state index contributed by atoms with van der Waals surface area (Å²) in [5.41, 5.74) is 18.2. The Bertz CT molecular complexity index is 2230. The van der Waals surface area contributed by atoms with Gasteiger partial charge < -0.3 is 0 Å². The lowest BCUT2D eigenvalue weighted by molar-refractivity contribution is 0.974. The molecule has 0 aliphatic heterocycles. The second kappa shape index (κ2) is 10.5. The lowest BCUT2D eigenvalue weighted by Crippen LogP contribution is -2.57. The summed E-state index contributed by atoms with van der Waals surface area (Å²) in [4.78, 5) is 0. The number of fused-ring (bicyclic) bond motifs is 1. The molecule has 0 bridgehead atoms. The SMILES string of the molecule is Cc1cc(C)c(B(c2ccc3ccc4c(-c5ccc6ccccc6c5)ccc5c4c3c2CC5)c2c(C)cc(C)cc2C)c(C)c1. The van der Waals surface area contributed by atoms with Crippen molar-refractivity contribution in [3.63, 3.8) is 0 Å². The van der Waals surface area contributed by atoms with Crippen LogP contribution in [0.1, 0.15) is 44.5 Å². The van der Waals surface area contributed by atoms with Gasteiger partial charge in [0.15, 0.2) is 0 Å². The Morgan fingerprint density at radius 3 is 1.76 bits per heavy atom. The average Bonchev–Trinajstić information content (AvgIpc) is 3.01. The van der Waals surface area contributed by atoms with E-state index in [0.29, 0.717) is 0 Å². The molecular weight excluding hydrogens is 539 g/mol. The number of aryl methyl sites for hydroxylation is 8. The first-order chi connectivity index (χ1) is 21.8. The average molecular weight is 579 g/mol. The fraction of sp³-hybridized carbons (Fsp3) is 0.182. The summed E-state index contributed by atoms with van der Waals surface area (Å²) >= 11 is 0. The topological polar surface area (TPSA) is 0 Å². The monoisotopic (exact) mass is 578 g/mol. The molecule has 8 rings (SSSR count). The Hall–Kier alpha value is -4.62. The van der Waals surface area contributed by atoms with Gasteiger partial charge in [-0.3, -0.25) is 0 Å². The van der Waals surface area contributed by atoms with Gasteiger partial charge in [0, 0.05) is 0 Å². The van der Waals surface area contributed by atoms with Crippen LogP contribution >= 0.6 is 0 Å². The minimum absolute atomic E-state index is 0.186. The van der Waals surface area contributed by atoms with Gasteiger partial charge in [-0.25, -0.2) is 0 Å². The van der Waals surface area contributed by atoms with E-state index in [9.17, 15) is 0 Å². The van der Waals surface area contributed by atoms with Crippen LogP contribution in [-0.2, 0) is 12.8 Å². The molecule has 7 aromatic carbocycles. The van der Waals surface area contributed by atoms with Crippen LogP contribution in [0.2, 0.25) is 0 Å². The minimum Gasteiger partial charge on any atom is -0.0661 e. The molecule has 0 nitrogen and oxygen atoms in total. The van der Waals surface area contributed by atoms with Crippen LogP contribution in [0.15, 0.2) is 103 Å². The van der Waals surface area contributed by atoms with E-state index in [0.717, 1.165) is 12.8 Å². The van der Waals surface area contributed by atoms with Crippen molar-refractivity contribution in [3.8, 4) is 11.1 Å². The van der Waals surface area contributed by atoms with Crippen LogP contribution in [0.25, 0.3) is 43.4 Å². The summed E-state index contributed by atoms with van der Waals surface area (Å²) in [5.74, 6) is 0. The van der Waals surface area contributed by atoms with Crippen LogP contribution in [0.4, 0.5) is 0 Å². The van der Waals surface area contributed by atoms with E-state index in [-0.39, 0.29) is 6.71 Å². The van der Waals surface area contributed by atoms with Crippen LogP contribution in [0.3, 0.4) is 0 Å². The standard InChI is InChI=1S/C44H39B/c1-26-21-28(3)43(29(4)22-26)45(44-30(5)23-27(2)24-31(44)6)40-20-16-34-14-18-38-37(17-13-33-15-19-39(40)42(34)41(33)38)36-12-11-32-9-7-8-10-35(32)25-36/h7-14,16-18,20-25H,15,19H2,1-6H3. The van der Waals surface area contributed by atoms with Crippen LogP contribution in [0.5, 0.6) is 0 Å². The van der Waals surface area contributed by atoms with Crippen molar-refractivity contribution in [1.82, 2.24) is 0 Å². The molecule has 0 saturated heterocycles. The largest absolute Gasteiger partial charge is 0.242 e. The van der Waals surface area contributed by atoms with E-state index < -0.39 is 0 Å². The molecule has 0 amide bonds. The third-order valence-corrected chi connectivity index (χ3v) is 10.5. The second-order valence-corrected chi connectivity index (χ2v) is 13.6. The Balaban J connectivity index is 1.44. The Morgan fingerprint density at radius 1 is 0.489 bits per heavy atom. The molecule has 0 atom stereocenters. The maximum absolute atomic E-state index is 2.46. The van der Waals surface area contributed by atoms with E-state index in [2.05, 4.69) is 145 Å². The van der Waals surface area contributed by atoms with Gasteiger partial charge in [0.1, 0.15) is 0 Å². The van der Waals surface area contributed by atoms with Gasteiger partial charge >= 0.3 is 0 Å². The number of hydrogen-bond acceptors (Lipinski definition) is 0. The van der Waals surface area contributed by atoms with Gasteiger partial charge in [0.25, 0.3) is 0 Å². The predicted octanol–water partition coefficient (Wildman–Crippen LogP) is 9.28. The molecule has 0 aromatic heterocycles. The molecule has 1 aliphatic carbocycles. The van der Waals surface area contributed by atoms with E-state index in [1.54, 1.807) is 0 Å². The van der Waals surface area contributed by atoms with Gasteiger partial charge in [-0.1, -0.05) is 147 Å². The summed E-state index contributed by atoms with van der Waals surface area (Å²) in [6.45, 7) is 13.9. The molecule has 45 heavy (non-hydrogen) atoms. The molecule has 218 valence electrons. The second-order valence-electron chi connectivity index (χ2n) is 13.6. The van der Waals surface area contributed by atoms with Crippen LogP contribution < -0.4 is 16.4 Å². The predicted molar refractivity (Wildman–Crippen MR) is 198 cm³/mol. The lowest BCUT2D eigenvalue weighted by Gasteiger charge is -2.29. The molecule has 0 spiro atoms. The first-order valence-electron chi connectivity index (χ1n) is 16.4. The highest BCUT2D eigenvalue weighted by Gasteiger charge is 2.32. The highest BCUT2D eigenvalue weighted by Crippen LogP contribution is 2.40. The third-order valence-electron chi connectivity index (χ3n) is 10.5. The van der Waals surface area contributed by atoms with E-state index >= 15 is 0 Å². The maximum atomic E-state index is 2.46. The zero-order chi connectivity index (χ0) is 31.0. The highest BCUT2D eigenvalue weighted by molar-refractivity contribution is 6.97. The zero-order valence-electron chi connectivity index (χ0n) is 27.3. The van der Waals surface area contributed by atoms with E-state index in [1.165, 1.54) is 104 Å². The smallest absolute Gasteiger partial charge is 0.0661 e. The molecule has 0 saturated carbocycles. The van der Waals surface area contributed by atoms with Gasteiger partial charge in [-0.2, -0.15) is 0 Å². The number of benzene rings is 7. The maximum Gasteiger partial charge on any atom is 0.242 e.